The molecule has 1 aliphatic rings. The number of aryl methyl sites for hydroxylation is 1. The number of rotatable bonds is 9. The van der Waals surface area contributed by atoms with E-state index in [-0.39, 0.29) is 13.2 Å². The lowest BCUT2D eigenvalue weighted by atomic mass is 10.1. The normalized spacial score (nSPS) is 12.8. The molecule has 0 aliphatic heterocycles. The quantitative estimate of drug-likeness (QED) is 0.113. The summed E-state index contributed by atoms with van der Waals surface area (Å²) in [5.41, 5.74) is 4.92. The van der Waals surface area contributed by atoms with Crippen LogP contribution in [0.25, 0.3) is 0 Å². The number of halogens is 1. The molecule has 0 spiro atoms. The summed E-state index contributed by atoms with van der Waals surface area (Å²) in [7, 11) is 1.51. The molecule has 1 aliphatic carbocycles. The fraction of sp³-hybridized carbons (Fsp3) is 0.310. The minimum atomic E-state index is -0.971. The lowest BCUT2D eigenvalue weighted by molar-refractivity contribution is -0.136. The Balaban J connectivity index is 1.38. The molecule has 2 N–H and O–H groups in total. The molecule has 1 heterocycles. The summed E-state index contributed by atoms with van der Waals surface area (Å²) in [4.78, 5) is 38.8. The van der Waals surface area contributed by atoms with Crippen molar-refractivity contribution in [2.45, 2.75) is 45.6 Å². The van der Waals surface area contributed by atoms with Crippen LogP contribution in [-0.4, -0.2) is 37.7 Å². The van der Waals surface area contributed by atoms with E-state index in [1.165, 1.54) is 24.7 Å². The Kier molecular flexibility index (Phi) is 10.2. The molecule has 2 aromatic carbocycles. The number of nitrogens with zero attached hydrogens (tertiary/aromatic N) is 1. The number of carbonyl (C=O) groups excluding carboxylic acids is 3. The smallest absolute Gasteiger partial charge is 0.341 e. The maximum atomic E-state index is 12.7. The number of carbonyl (C=O) groups is 3. The van der Waals surface area contributed by atoms with Gasteiger partial charge in [-0.05, 0) is 68.0 Å². The van der Waals surface area contributed by atoms with Crippen LogP contribution in [0, 0.1) is 0 Å². The Morgan fingerprint density at radius 1 is 1.05 bits per heavy atom. The zero-order chi connectivity index (χ0) is 28.5. The third-order valence-corrected chi connectivity index (χ3v) is 7.82. The van der Waals surface area contributed by atoms with Crippen molar-refractivity contribution < 1.29 is 28.6 Å². The summed E-state index contributed by atoms with van der Waals surface area (Å²) in [5.74, 6) is -1.43. The number of hydrogen-bond donors (Lipinski definition) is 2. The Bertz CT molecular complexity index is 1420. The third kappa shape index (κ3) is 7.19. The molecule has 0 radical (unpaired) electrons. The van der Waals surface area contributed by atoms with Gasteiger partial charge in [-0.1, -0.05) is 36.2 Å². The highest BCUT2D eigenvalue weighted by Gasteiger charge is 2.27. The molecule has 9 nitrogen and oxygen atoms in total. The van der Waals surface area contributed by atoms with Gasteiger partial charge in [-0.25, -0.2) is 10.2 Å². The Hall–Kier alpha value is -3.89. The molecule has 0 bridgehead atoms. The van der Waals surface area contributed by atoms with Crippen molar-refractivity contribution in [3.8, 4) is 11.5 Å². The summed E-state index contributed by atoms with van der Waals surface area (Å²) in [5, 5.41) is 7.40. The molecule has 1 aromatic heterocycles. The number of fused-ring (bicyclic) bond motifs is 1. The molecule has 0 unspecified atom stereocenters. The first-order valence-corrected chi connectivity index (χ1v) is 14.1. The van der Waals surface area contributed by atoms with E-state index in [4.69, 9.17) is 25.8 Å². The minimum absolute atomic E-state index is 0.214. The topological polar surface area (TPSA) is 115 Å². The van der Waals surface area contributed by atoms with Crippen molar-refractivity contribution >= 4 is 51.9 Å². The van der Waals surface area contributed by atoms with Crippen molar-refractivity contribution in [3.05, 3.63) is 74.6 Å². The maximum Gasteiger partial charge on any atom is 0.341 e. The van der Waals surface area contributed by atoms with Crippen LogP contribution >= 0.6 is 22.9 Å². The summed E-state index contributed by atoms with van der Waals surface area (Å²) in [6.45, 7) is 2.20. The summed E-state index contributed by atoms with van der Waals surface area (Å²) in [6, 6.07) is 12.5. The molecule has 0 atom stereocenters. The average molecular weight is 584 g/mol. The number of nitrogens with one attached hydrogen (secondary N) is 2. The predicted molar refractivity (Wildman–Crippen MR) is 155 cm³/mol. The number of amides is 2. The van der Waals surface area contributed by atoms with E-state index < -0.39 is 17.8 Å². The van der Waals surface area contributed by atoms with Gasteiger partial charge in [-0.15, -0.1) is 11.3 Å². The Labute approximate surface area is 241 Å². The standard InChI is InChI=1S/C29H30ClN3O6S/c1-3-38-29(36)25-20-10-5-4-6-12-24(20)40-28(25)32-26(34)27(35)33-31-16-18-13-14-22(23(15-18)37-2)39-17-19-9-7-8-11-21(19)30/h7-9,11,13-16H,3-6,10,12,17H2,1-2H3,(H,32,34)(H,33,35)/b31-16+. The van der Waals surface area contributed by atoms with Gasteiger partial charge in [-0.2, -0.15) is 5.10 Å². The van der Waals surface area contributed by atoms with Crippen LogP contribution in [0.15, 0.2) is 47.6 Å². The van der Waals surface area contributed by atoms with Crippen LogP contribution in [0.5, 0.6) is 11.5 Å². The summed E-state index contributed by atoms with van der Waals surface area (Å²) >= 11 is 7.51. The van der Waals surface area contributed by atoms with Gasteiger partial charge in [0.1, 0.15) is 11.6 Å². The summed E-state index contributed by atoms with van der Waals surface area (Å²) in [6.07, 6.45) is 5.99. The minimum Gasteiger partial charge on any atom is -0.493 e. The first-order valence-electron chi connectivity index (χ1n) is 12.9. The second-order valence-corrected chi connectivity index (χ2v) is 10.4. The van der Waals surface area contributed by atoms with Gasteiger partial charge < -0.3 is 19.5 Å². The van der Waals surface area contributed by atoms with Crippen molar-refractivity contribution in [1.82, 2.24) is 5.43 Å². The second kappa shape index (κ2) is 14.0. The van der Waals surface area contributed by atoms with E-state index in [1.54, 1.807) is 31.2 Å². The lowest BCUT2D eigenvalue weighted by Crippen LogP contribution is -2.32. The van der Waals surface area contributed by atoms with Crippen LogP contribution in [0.1, 0.15) is 58.1 Å². The first kappa shape index (κ1) is 29.1. The third-order valence-electron chi connectivity index (χ3n) is 6.24. The maximum absolute atomic E-state index is 12.7. The van der Waals surface area contributed by atoms with E-state index in [9.17, 15) is 14.4 Å². The molecule has 210 valence electrons. The van der Waals surface area contributed by atoms with Crippen molar-refractivity contribution in [2.75, 3.05) is 19.0 Å². The fourth-order valence-corrected chi connectivity index (χ4v) is 5.74. The summed E-state index contributed by atoms with van der Waals surface area (Å²) < 4.78 is 16.5. The first-order chi connectivity index (χ1) is 19.4. The van der Waals surface area contributed by atoms with Gasteiger partial charge in [0, 0.05) is 15.5 Å². The molecule has 3 aromatic rings. The van der Waals surface area contributed by atoms with Gasteiger partial charge in [0.2, 0.25) is 0 Å². The SMILES string of the molecule is CCOC(=O)c1c(NC(=O)C(=O)N/N=C/c2ccc(OCc3ccccc3Cl)c(OC)c2)sc2c1CCCCC2. The van der Waals surface area contributed by atoms with Crippen molar-refractivity contribution in [3.63, 3.8) is 0 Å². The highest BCUT2D eigenvalue weighted by molar-refractivity contribution is 7.17. The van der Waals surface area contributed by atoms with E-state index >= 15 is 0 Å². The number of hydrazone groups is 1. The zero-order valence-corrected chi connectivity index (χ0v) is 23.8. The van der Waals surface area contributed by atoms with Gasteiger partial charge in [0.05, 0.1) is 25.5 Å². The fourth-order valence-electron chi connectivity index (χ4n) is 4.28. The van der Waals surface area contributed by atoms with Gasteiger partial charge in [-0.3, -0.25) is 9.59 Å². The zero-order valence-electron chi connectivity index (χ0n) is 22.3. The lowest BCUT2D eigenvalue weighted by Gasteiger charge is -2.12. The van der Waals surface area contributed by atoms with Gasteiger partial charge in [0.15, 0.2) is 11.5 Å². The van der Waals surface area contributed by atoms with Gasteiger partial charge in [0.25, 0.3) is 0 Å². The molecule has 4 rings (SSSR count). The number of ether oxygens (including phenoxy) is 3. The van der Waals surface area contributed by atoms with Crippen LogP contribution in [0.4, 0.5) is 5.00 Å². The number of esters is 1. The van der Waals surface area contributed by atoms with Gasteiger partial charge >= 0.3 is 17.8 Å². The molecule has 11 heteroatoms. The highest BCUT2D eigenvalue weighted by Crippen LogP contribution is 2.38. The molecular weight excluding hydrogens is 554 g/mol. The average Bonchev–Trinajstić information content (AvgIpc) is 3.12. The van der Waals surface area contributed by atoms with E-state index in [0.717, 1.165) is 48.1 Å². The van der Waals surface area contributed by atoms with Crippen molar-refractivity contribution in [2.24, 2.45) is 5.10 Å². The number of hydrogen-bond acceptors (Lipinski definition) is 8. The van der Waals surface area contributed by atoms with E-state index in [1.807, 2.05) is 18.2 Å². The Morgan fingerprint density at radius 3 is 2.62 bits per heavy atom. The number of benzene rings is 2. The van der Waals surface area contributed by atoms with E-state index in [2.05, 4.69) is 15.8 Å². The van der Waals surface area contributed by atoms with Crippen LogP contribution in [0.3, 0.4) is 0 Å². The second-order valence-electron chi connectivity index (χ2n) is 8.93. The largest absolute Gasteiger partial charge is 0.493 e. The predicted octanol–water partition coefficient (Wildman–Crippen LogP) is 5.52. The monoisotopic (exact) mass is 583 g/mol. The molecule has 0 saturated heterocycles. The van der Waals surface area contributed by atoms with Crippen molar-refractivity contribution in [1.29, 1.82) is 0 Å². The molecular formula is C29H30ClN3O6S. The molecule has 40 heavy (non-hydrogen) atoms. The van der Waals surface area contributed by atoms with Crippen LogP contribution in [0.2, 0.25) is 5.02 Å². The van der Waals surface area contributed by atoms with E-state index in [0.29, 0.717) is 32.6 Å². The van der Waals surface area contributed by atoms with Crippen LogP contribution in [-0.2, 0) is 33.8 Å². The van der Waals surface area contributed by atoms with Crippen LogP contribution < -0.4 is 20.2 Å². The Morgan fingerprint density at radius 2 is 1.85 bits per heavy atom. The highest BCUT2D eigenvalue weighted by atomic mass is 35.5. The number of methoxy groups -OCH3 is 1. The number of thiophene rings is 1. The molecule has 0 saturated carbocycles. The molecule has 2 amide bonds. The number of anilines is 1. The molecule has 0 fully saturated rings.